The molecule has 0 radical (unpaired) electrons. The Balaban J connectivity index is 5.37. The van der Waals surface area contributed by atoms with Crippen LogP contribution in [0.3, 0.4) is 0 Å². The largest absolute Gasteiger partial charge is 0.481 e. The summed E-state index contributed by atoms with van der Waals surface area (Å²) < 4.78 is 5.06. The second-order valence-electron chi connectivity index (χ2n) is 5.55. The van der Waals surface area contributed by atoms with Crippen LogP contribution in [0.2, 0.25) is 0 Å². The number of carbonyl (C=O) groups is 3. The molecule has 7 nitrogen and oxygen atoms in total. The van der Waals surface area contributed by atoms with E-state index in [0.717, 1.165) is 4.90 Å². The van der Waals surface area contributed by atoms with Crippen molar-refractivity contribution in [2.75, 3.05) is 7.05 Å². The second kappa shape index (κ2) is 5.46. The van der Waals surface area contributed by atoms with E-state index in [1.54, 1.807) is 20.8 Å². The van der Waals surface area contributed by atoms with Crippen molar-refractivity contribution in [2.24, 2.45) is 5.92 Å². The Bertz CT molecular complexity index is 386. The van der Waals surface area contributed by atoms with Gasteiger partial charge in [0.1, 0.15) is 5.60 Å². The van der Waals surface area contributed by atoms with Crippen molar-refractivity contribution in [3.63, 3.8) is 0 Å². The lowest BCUT2D eigenvalue weighted by Crippen LogP contribution is -2.59. The summed E-state index contributed by atoms with van der Waals surface area (Å²) >= 11 is 0. The average Bonchev–Trinajstić information content (AvgIpc) is 2.22. The number of ether oxygens (including phenoxy) is 1. The van der Waals surface area contributed by atoms with Gasteiger partial charge in [-0.15, -0.1) is 0 Å². The van der Waals surface area contributed by atoms with Gasteiger partial charge in [-0.1, -0.05) is 0 Å². The Morgan fingerprint density at radius 1 is 1.11 bits per heavy atom. The lowest BCUT2D eigenvalue weighted by atomic mass is 9.86. The first-order valence-corrected chi connectivity index (χ1v) is 5.77. The van der Waals surface area contributed by atoms with Gasteiger partial charge in [0.25, 0.3) is 0 Å². The highest BCUT2D eigenvalue weighted by molar-refractivity contribution is 5.89. The molecule has 0 bridgehead atoms. The minimum absolute atomic E-state index is 0.794. The molecule has 0 aromatic rings. The van der Waals surface area contributed by atoms with Gasteiger partial charge in [0, 0.05) is 7.05 Å². The van der Waals surface area contributed by atoms with Crippen molar-refractivity contribution in [3.05, 3.63) is 0 Å². The van der Waals surface area contributed by atoms with Crippen molar-refractivity contribution in [1.82, 2.24) is 4.90 Å². The molecule has 0 fully saturated rings. The summed E-state index contributed by atoms with van der Waals surface area (Å²) in [6.07, 6.45) is -0.884. The molecule has 0 aliphatic heterocycles. The number of hydrogen-bond donors (Lipinski definition) is 2. The molecule has 2 atom stereocenters. The van der Waals surface area contributed by atoms with E-state index in [0.29, 0.717) is 0 Å². The summed E-state index contributed by atoms with van der Waals surface area (Å²) in [5, 5.41) is 18.2. The first-order valence-electron chi connectivity index (χ1n) is 5.77. The highest BCUT2D eigenvalue weighted by Crippen LogP contribution is 2.26. The molecule has 2 N–H and O–H groups in total. The highest BCUT2D eigenvalue weighted by atomic mass is 16.6. The fraction of sp³-hybridized carbons (Fsp3) is 0.750. The molecule has 1 amide bonds. The van der Waals surface area contributed by atoms with Crippen LogP contribution >= 0.6 is 0 Å². The quantitative estimate of drug-likeness (QED) is 0.804. The molecule has 0 aromatic carbocycles. The smallest absolute Gasteiger partial charge is 0.411 e. The van der Waals surface area contributed by atoms with Crippen LogP contribution in [0, 0.1) is 5.92 Å². The van der Waals surface area contributed by atoms with Crippen LogP contribution in [0.15, 0.2) is 0 Å². The predicted octanol–water partition coefficient (Wildman–Crippen LogP) is 1.42. The minimum atomic E-state index is -1.89. The second-order valence-corrected chi connectivity index (χ2v) is 5.55. The number of rotatable bonds is 4. The third-order valence-electron chi connectivity index (χ3n) is 3.01. The molecule has 0 heterocycles. The van der Waals surface area contributed by atoms with E-state index >= 15 is 0 Å². The summed E-state index contributed by atoms with van der Waals surface area (Å²) in [6, 6.07) is 0. The van der Waals surface area contributed by atoms with Crippen molar-refractivity contribution in [1.29, 1.82) is 0 Å². The maximum Gasteiger partial charge on any atom is 0.411 e. The number of carboxylic acid groups (broad SMARTS) is 2. The summed E-state index contributed by atoms with van der Waals surface area (Å²) in [6.45, 7) is 7.32. The van der Waals surface area contributed by atoms with Crippen LogP contribution in [0.25, 0.3) is 0 Å². The molecule has 0 rings (SSSR count). The molecular weight excluding hydrogens is 254 g/mol. The molecule has 0 aliphatic carbocycles. The van der Waals surface area contributed by atoms with Crippen LogP contribution < -0.4 is 0 Å². The number of carboxylic acids is 2. The van der Waals surface area contributed by atoms with Crippen LogP contribution in [-0.4, -0.2) is 51.3 Å². The van der Waals surface area contributed by atoms with Crippen LogP contribution in [-0.2, 0) is 14.3 Å². The van der Waals surface area contributed by atoms with Gasteiger partial charge < -0.3 is 14.9 Å². The van der Waals surface area contributed by atoms with E-state index in [1.165, 1.54) is 20.9 Å². The lowest BCUT2D eigenvalue weighted by Gasteiger charge is -2.38. The number of aliphatic carboxylic acids is 2. The van der Waals surface area contributed by atoms with Crippen LogP contribution in [0.5, 0.6) is 0 Å². The van der Waals surface area contributed by atoms with E-state index in [2.05, 4.69) is 0 Å². The van der Waals surface area contributed by atoms with Crippen molar-refractivity contribution >= 4 is 18.0 Å². The topological polar surface area (TPSA) is 104 Å². The first kappa shape index (κ1) is 17.2. The summed E-state index contributed by atoms with van der Waals surface area (Å²) in [4.78, 5) is 35.1. The van der Waals surface area contributed by atoms with Crippen molar-refractivity contribution < 1.29 is 29.3 Å². The summed E-state index contributed by atoms with van der Waals surface area (Å²) in [5.41, 5.74) is -2.69. The zero-order chi connectivity index (χ0) is 15.6. The normalized spacial score (nSPS) is 16.1. The fourth-order valence-corrected chi connectivity index (χ4v) is 1.38. The van der Waals surface area contributed by atoms with Crippen molar-refractivity contribution in [2.45, 2.75) is 45.8 Å². The van der Waals surface area contributed by atoms with E-state index in [4.69, 9.17) is 9.84 Å². The number of nitrogens with zero attached hydrogens (tertiary/aromatic N) is 1. The van der Waals surface area contributed by atoms with Gasteiger partial charge in [-0.3, -0.25) is 9.69 Å². The Labute approximate surface area is 112 Å². The number of hydrogen-bond acceptors (Lipinski definition) is 4. The molecular formula is C12H21NO6. The van der Waals surface area contributed by atoms with Gasteiger partial charge >= 0.3 is 18.0 Å². The van der Waals surface area contributed by atoms with Crippen molar-refractivity contribution in [3.8, 4) is 0 Å². The number of carbonyl (C=O) groups excluding carboxylic acids is 1. The summed E-state index contributed by atoms with van der Waals surface area (Å²) in [5.74, 6) is -4.00. The Hall–Kier alpha value is -1.79. The molecule has 0 saturated heterocycles. The third kappa shape index (κ3) is 3.84. The first-order chi connectivity index (χ1) is 8.34. The van der Waals surface area contributed by atoms with Gasteiger partial charge in [0.15, 0.2) is 5.54 Å². The molecule has 110 valence electrons. The number of amides is 1. The zero-order valence-corrected chi connectivity index (χ0v) is 12.1. The fourth-order valence-electron chi connectivity index (χ4n) is 1.38. The summed E-state index contributed by atoms with van der Waals surface area (Å²) in [7, 11) is 1.21. The highest BCUT2D eigenvalue weighted by Gasteiger charge is 2.49. The Morgan fingerprint density at radius 3 is 1.79 bits per heavy atom. The van der Waals surface area contributed by atoms with E-state index < -0.39 is 35.1 Å². The van der Waals surface area contributed by atoms with E-state index in [-0.39, 0.29) is 0 Å². The molecule has 0 saturated carbocycles. The van der Waals surface area contributed by atoms with Gasteiger partial charge in [-0.25, -0.2) is 9.59 Å². The van der Waals surface area contributed by atoms with Gasteiger partial charge in [0.2, 0.25) is 0 Å². The maximum absolute atomic E-state index is 11.9. The Morgan fingerprint density at radius 2 is 1.53 bits per heavy atom. The van der Waals surface area contributed by atoms with Gasteiger partial charge in [0.05, 0.1) is 5.92 Å². The molecule has 0 spiro atoms. The maximum atomic E-state index is 11.9. The lowest BCUT2D eigenvalue weighted by molar-refractivity contribution is -0.161. The monoisotopic (exact) mass is 275 g/mol. The predicted molar refractivity (Wildman–Crippen MR) is 66.8 cm³/mol. The average molecular weight is 275 g/mol. The minimum Gasteiger partial charge on any atom is -0.481 e. The van der Waals surface area contributed by atoms with E-state index in [1.807, 2.05) is 0 Å². The van der Waals surface area contributed by atoms with Crippen LogP contribution in [0.4, 0.5) is 4.79 Å². The zero-order valence-electron chi connectivity index (χ0n) is 12.1. The Kier molecular flexibility index (Phi) is 4.94. The van der Waals surface area contributed by atoms with Gasteiger partial charge in [-0.05, 0) is 34.6 Å². The SMILES string of the molecule is CC(C(=O)O)[C@@](C)(C(=O)O)N(C)C(=O)OC(C)(C)C. The standard InChI is InChI=1S/C12H21NO6/c1-7(8(14)15)12(5,9(16)17)13(6)10(18)19-11(2,3)4/h7H,1-6H3,(H,14,15)(H,16,17)/t7?,12-/m0/s1. The molecule has 0 aliphatic rings. The van der Waals surface area contributed by atoms with E-state index in [9.17, 15) is 19.5 Å². The molecule has 0 aromatic heterocycles. The third-order valence-corrected chi connectivity index (χ3v) is 3.01. The molecule has 1 unspecified atom stereocenters. The van der Waals surface area contributed by atoms with Crippen LogP contribution in [0.1, 0.15) is 34.6 Å². The molecule has 19 heavy (non-hydrogen) atoms. The van der Waals surface area contributed by atoms with Gasteiger partial charge in [-0.2, -0.15) is 0 Å². The number of likely N-dealkylation sites (N-methyl/N-ethyl adjacent to an activating group) is 1. The molecule has 7 heteroatoms.